The van der Waals surface area contributed by atoms with Crippen molar-refractivity contribution in [3.63, 3.8) is 0 Å². The first-order chi connectivity index (χ1) is 8.65. The fourth-order valence-electron chi connectivity index (χ4n) is 1.72. The van der Waals surface area contributed by atoms with E-state index in [0.29, 0.717) is 6.54 Å². The summed E-state index contributed by atoms with van der Waals surface area (Å²) in [6, 6.07) is 5.91. The van der Waals surface area contributed by atoms with Crippen molar-refractivity contribution >= 4 is 11.7 Å². The van der Waals surface area contributed by atoms with Gasteiger partial charge in [-0.2, -0.15) is 0 Å². The van der Waals surface area contributed by atoms with Crippen LogP contribution >= 0.6 is 0 Å². The lowest BCUT2D eigenvalue weighted by Gasteiger charge is -2.09. The third kappa shape index (κ3) is 3.23. The molecule has 0 saturated carbocycles. The van der Waals surface area contributed by atoms with Gasteiger partial charge in [-0.25, -0.2) is 9.78 Å². The maximum absolute atomic E-state index is 11.4. The van der Waals surface area contributed by atoms with Crippen molar-refractivity contribution in [3.8, 4) is 0 Å². The van der Waals surface area contributed by atoms with E-state index in [9.17, 15) is 4.79 Å². The highest BCUT2D eigenvalue weighted by molar-refractivity contribution is 5.74. The van der Waals surface area contributed by atoms with Gasteiger partial charge in [-0.3, -0.25) is 0 Å². The number of nitrogens with one attached hydrogen (secondary N) is 2. The quantitative estimate of drug-likeness (QED) is 0.860. The van der Waals surface area contributed by atoms with E-state index in [-0.39, 0.29) is 12.1 Å². The lowest BCUT2D eigenvalue weighted by atomic mass is 10.3. The van der Waals surface area contributed by atoms with E-state index in [1.807, 2.05) is 48.8 Å². The standard InChI is InChI=1S/C13H18N4O/c1-10(2)15-13(18)14-7-6-11-9-17-8-4-3-5-12(17)16-11/h3-5,8-10H,6-7H2,1-2H3,(H2,14,15,18). The van der Waals surface area contributed by atoms with Crippen LogP contribution in [0.5, 0.6) is 0 Å². The van der Waals surface area contributed by atoms with E-state index in [2.05, 4.69) is 15.6 Å². The maximum atomic E-state index is 11.4. The SMILES string of the molecule is CC(C)NC(=O)NCCc1cn2ccccc2n1. The summed E-state index contributed by atoms with van der Waals surface area (Å²) in [5.74, 6) is 0. The molecule has 0 aliphatic rings. The normalized spacial score (nSPS) is 10.8. The lowest BCUT2D eigenvalue weighted by Crippen LogP contribution is -2.40. The Bertz CT molecular complexity index is 500. The number of hydrogen-bond donors (Lipinski definition) is 2. The molecule has 5 heteroatoms. The number of nitrogens with zero attached hydrogens (tertiary/aromatic N) is 2. The molecule has 2 aromatic rings. The van der Waals surface area contributed by atoms with Gasteiger partial charge in [0.05, 0.1) is 5.69 Å². The van der Waals surface area contributed by atoms with E-state index < -0.39 is 0 Å². The molecule has 0 atom stereocenters. The molecule has 18 heavy (non-hydrogen) atoms. The first-order valence-corrected chi connectivity index (χ1v) is 6.12. The van der Waals surface area contributed by atoms with E-state index in [4.69, 9.17) is 0 Å². The molecule has 96 valence electrons. The molecule has 2 heterocycles. The molecule has 2 aromatic heterocycles. The fourth-order valence-corrected chi connectivity index (χ4v) is 1.72. The molecule has 0 bridgehead atoms. The largest absolute Gasteiger partial charge is 0.338 e. The second kappa shape index (κ2) is 5.53. The van der Waals surface area contributed by atoms with Crippen LogP contribution in [0.3, 0.4) is 0 Å². The Morgan fingerprint density at radius 2 is 2.28 bits per heavy atom. The first-order valence-electron chi connectivity index (χ1n) is 6.12. The summed E-state index contributed by atoms with van der Waals surface area (Å²) in [7, 11) is 0. The molecule has 0 spiro atoms. The second-order valence-electron chi connectivity index (χ2n) is 4.50. The van der Waals surface area contributed by atoms with E-state index >= 15 is 0 Å². The lowest BCUT2D eigenvalue weighted by molar-refractivity contribution is 0.238. The van der Waals surface area contributed by atoms with E-state index in [1.54, 1.807) is 0 Å². The van der Waals surface area contributed by atoms with Crippen molar-refractivity contribution in [2.24, 2.45) is 0 Å². The molecule has 0 aliphatic heterocycles. The van der Waals surface area contributed by atoms with Crippen molar-refractivity contribution < 1.29 is 4.79 Å². The molecule has 2 rings (SSSR count). The molecule has 2 amide bonds. The second-order valence-corrected chi connectivity index (χ2v) is 4.50. The molecular formula is C13H18N4O. The van der Waals surface area contributed by atoms with Crippen LogP contribution < -0.4 is 10.6 Å². The van der Waals surface area contributed by atoms with E-state index in [1.165, 1.54) is 0 Å². The van der Waals surface area contributed by atoms with E-state index in [0.717, 1.165) is 17.8 Å². The maximum Gasteiger partial charge on any atom is 0.314 e. The van der Waals surface area contributed by atoms with Crippen LogP contribution in [0.1, 0.15) is 19.5 Å². The van der Waals surface area contributed by atoms with Gasteiger partial charge >= 0.3 is 6.03 Å². The smallest absolute Gasteiger partial charge is 0.314 e. The van der Waals surface area contributed by atoms with Gasteiger partial charge in [0, 0.05) is 31.4 Å². The highest BCUT2D eigenvalue weighted by atomic mass is 16.2. The number of rotatable bonds is 4. The number of carbonyl (C=O) groups excluding carboxylic acids is 1. The highest BCUT2D eigenvalue weighted by Crippen LogP contribution is 2.04. The summed E-state index contributed by atoms with van der Waals surface area (Å²) in [5, 5.41) is 5.59. The van der Waals surface area contributed by atoms with Crippen LogP contribution in [-0.4, -0.2) is 28.0 Å². The molecule has 2 N–H and O–H groups in total. The molecular weight excluding hydrogens is 228 g/mol. The summed E-state index contributed by atoms with van der Waals surface area (Å²) in [6.07, 6.45) is 4.68. The monoisotopic (exact) mass is 246 g/mol. The Hall–Kier alpha value is -2.04. The zero-order valence-corrected chi connectivity index (χ0v) is 10.7. The number of urea groups is 1. The molecule has 0 radical (unpaired) electrons. The number of pyridine rings is 1. The summed E-state index contributed by atoms with van der Waals surface area (Å²) < 4.78 is 1.98. The van der Waals surface area contributed by atoms with Gasteiger partial charge in [0.1, 0.15) is 5.65 Å². The molecule has 0 aliphatic carbocycles. The number of hydrogen-bond acceptors (Lipinski definition) is 2. The van der Waals surface area contributed by atoms with Gasteiger partial charge in [0.2, 0.25) is 0 Å². The van der Waals surface area contributed by atoms with Crippen molar-refractivity contribution in [2.75, 3.05) is 6.54 Å². The topological polar surface area (TPSA) is 58.4 Å². The van der Waals surface area contributed by atoms with Gasteiger partial charge < -0.3 is 15.0 Å². The summed E-state index contributed by atoms with van der Waals surface area (Å²) >= 11 is 0. The van der Waals surface area contributed by atoms with Gasteiger partial charge in [0.15, 0.2) is 0 Å². The minimum Gasteiger partial charge on any atom is -0.338 e. The van der Waals surface area contributed by atoms with Crippen molar-refractivity contribution in [1.29, 1.82) is 0 Å². The molecule has 0 unspecified atom stereocenters. The Morgan fingerprint density at radius 3 is 3.00 bits per heavy atom. The van der Waals surface area contributed by atoms with Crippen LogP contribution in [0.4, 0.5) is 4.79 Å². The third-order valence-corrected chi connectivity index (χ3v) is 2.50. The minimum atomic E-state index is -0.131. The highest BCUT2D eigenvalue weighted by Gasteiger charge is 2.03. The number of fused-ring (bicyclic) bond motifs is 1. The Kier molecular flexibility index (Phi) is 3.82. The van der Waals surface area contributed by atoms with Crippen LogP contribution in [-0.2, 0) is 6.42 Å². The number of imidazole rings is 1. The van der Waals surface area contributed by atoms with Crippen LogP contribution in [0, 0.1) is 0 Å². The van der Waals surface area contributed by atoms with Crippen LogP contribution in [0.25, 0.3) is 5.65 Å². The van der Waals surface area contributed by atoms with Crippen molar-refractivity contribution in [1.82, 2.24) is 20.0 Å². The Labute approximate surface area is 106 Å². The van der Waals surface area contributed by atoms with Gasteiger partial charge in [-0.05, 0) is 26.0 Å². The number of aromatic nitrogens is 2. The number of carbonyl (C=O) groups is 1. The predicted octanol–water partition coefficient (Wildman–Crippen LogP) is 1.58. The summed E-state index contributed by atoms with van der Waals surface area (Å²) in [6.45, 7) is 4.45. The Balaban J connectivity index is 1.85. The summed E-state index contributed by atoms with van der Waals surface area (Å²) in [4.78, 5) is 15.8. The Morgan fingerprint density at radius 1 is 1.44 bits per heavy atom. The predicted molar refractivity (Wildman–Crippen MR) is 70.6 cm³/mol. The average Bonchev–Trinajstić information content (AvgIpc) is 2.70. The van der Waals surface area contributed by atoms with Crippen molar-refractivity contribution in [2.45, 2.75) is 26.3 Å². The molecule has 0 fully saturated rings. The molecule has 0 aromatic carbocycles. The zero-order chi connectivity index (χ0) is 13.0. The summed E-state index contributed by atoms with van der Waals surface area (Å²) in [5.41, 5.74) is 1.91. The van der Waals surface area contributed by atoms with Crippen molar-refractivity contribution in [3.05, 3.63) is 36.3 Å². The van der Waals surface area contributed by atoms with Gasteiger partial charge in [0.25, 0.3) is 0 Å². The average molecular weight is 246 g/mol. The molecule has 5 nitrogen and oxygen atoms in total. The number of amides is 2. The van der Waals surface area contributed by atoms with Crippen LogP contribution in [0.2, 0.25) is 0 Å². The molecule has 0 saturated heterocycles. The van der Waals surface area contributed by atoms with Gasteiger partial charge in [-0.15, -0.1) is 0 Å². The third-order valence-electron chi connectivity index (χ3n) is 2.50. The van der Waals surface area contributed by atoms with Crippen LogP contribution in [0.15, 0.2) is 30.6 Å². The fraction of sp³-hybridized carbons (Fsp3) is 0.385. The minimum absolute atomic E-state index is 0.131. The first kappa shape index (κ1) is 12.4. The zero-order valence-electron chi connectivity index (χ0n) is 10.7. The van der Waals surface area contributed by atoms with Gasteiger partial charge in [-0.1, -0.05) is 6.07 Å².